The van der Waals surface area contributed by atoms with Crippen LogP contribution >= 0.6 is 0 Å². The Morgan fingerprint density at radius 2 is 1.92 bits per heavy atom. The first kappa shape index (κ1) is 23.4. The summed E-state index contributed by atoms with van der Waals surface area (Å²) >= 11 is 0. The maximum atomic E-state index is 12.4. The van der Waals surface area contributed by atoms with Gasteiger partial charge in [-0.25, -0.2) is 15.0 Å². The lowest BCUT2D eigenvalue weighted by Gasteiger charge is -2.23. The number of benzene rings is 2. The van der Waals surface area contributed by atoms with E-state index in [2.05, 4.69) is 25.9 Å². The van der Waals surface area contributed by atoms with Crippen molar-refractivity contribution in [3.8, 4) is 22.9 Å². The number of fused-ring (bicyclic) bond motifs is 1. The van der Waals surface area contributed by atoms with Crippen LogP contribution in [0.1, 0.15) is 31.2 Å². The van der Waals surface area contributed by atoms with Crippen LogP contribution in [0.15, 0.2) is 60.9 Å². The number of aryl methyl sites for hydroxylation is 1. The van der Waals surface area contributed by atoms with E-state index in [1.54, 1.807) is 12.4 Å². The molecule has 3 heterocycles. The number of carbonyl (C=O) groups is 1. The molecule has 8 heteroatoms. The minimum atomic E-state index is 0.0831. The van der Waals surface area contributed by atoms with Crippen molar-refractivity contribution < 1.29 is 9.53 Å². The largest absolute Gasteiger partial charge is 0.437 e. The molecule has 2 aromatic heterocycles. The van der Waals surface area contributed by atoms with E-state index < -0.39 is 0 Å². The van der Waals surface area contributed by atoms with Crippen molar-refractivity contribution in [1.29, 1.82) is 0 Å². The fourth-order valence-corrected chi connectivity index (χ4v) is 4.76. The average molecular weight is 495 g/mol. The minimum Gasteiger partial charge on any atom is -0.437 e. The van der Waals surface area contributed by atoms with Crippen LogP contribution in [-0.2, 0) is 4.79 Å². The summed E-state index contributed by atoms with van der Waals surface area (Å²) in [5.74, 6) is 1.99. The van der Waals surface area contributed by atoms with Crippen molar-refractivity contribution in [2.45, 2.75) is 38.6 Å². The second-order valence-electron chi connectivity index (χ2n) is 9.79. The molecule has 1 saturated heterocycles. The van der Waals surface area contributed by atoms with Crippen LogP contribution in [0, 0.1) is 12.8 Å². The van der Waals surface area contributed by atoms with Gasteiger partial charge in [-0.05, 0) is 69.0 Å². The molecule has 1 aliphatic heterocycles. The van der Waals surface area contributed by atoms with Gasteiger partial charge in [0, 0.05) is 47.4 Å². The van der Waals surface area contributed by atoms with Crippen LogP contribution in [0.3, 0.4) is 0 Å². The molecule has 2 fully saturated rings. The van der Waals surface area contributed by atoms with Crippen molar-refractivity contribution >= 4 is 28.3 Å². The van der Waals surface area contributed by atoms with Gasteiger partial charge < -0.3 is 20.7 Å². The van der Waals surface area contributed by atoms with Crippen molar-refractivity contribution in [3.05, 3.63) is 66.5 Å². The van der Waals surface area contributed by atoms with Gasteiger partial charge in [0.15, 0.2) is 0 Å². The lowest BCUT2D eigenvalue weighted by Crippen LogP contribution is -2.38. The number of ether oxygens (including phenoxy) is 1. The van der Waals surface area contributed by atoms with E-state index in [-0.39, 0.29) is 11.8 Å². The number of hydrogen-bond donors (Lipinski definition) is 3. The Labute approximate surface area is 215 Å². The molecule has 2 aromatic carbocycles. The van der Waals surface area contributed by atoms with Crippen molar-refractivity contribution in [2.24, 2.45) is 5.92 Å². The second-order valence-corrected chi connectivity index (χ2v) is 9.79. The van der Waals surface area contributed by atoms with E-state index >= 15 is 0 Å². The van der Waals surface area contributed by atoms with Gasteiger partial charge in [-0.3, -0.25) is 4.79 Å². The topological polar surface area (TPSA) is 101 Å². The van der Waals surface area contributed by atoms with Crippen molar-refractivity contribution in [1.82, 2.24) is 20.3 Å². The highest BCUT2D eigenvalue weighted by Crippen LogP contribution is 2.39. The van der Waals surface area contributed by atoms with Crippen molar-refractivity contribution in [2.75, 3.05) is 23.7 Å². The Morgan fingerprint density at radius 3 is 2.76 bits per heavy atom. The number of carbonyl (C=O) groups excluding carboxylic acids is 1. The molecular formula is C29H30N6O2. The molecule has 2 aliphatic rings. The highest BCUT2D eigenvalue weighted by atomic mass is 16.5. The van der Waals surface area contributed by atoms with Gasteiger partial charge in [-0.1, -0.05) is 24.3 Å². The third-order valence-corrected chi connectivity index (χ3v) is 6.95. The highest BCUT2D eigenvalue weighted by Gasteiger charge is 2.30. The normalized spacial score (nSPS) is 17.4. The molecule has 0 radical (unpaired) electrons. The molecule has 8 nitrogen and oxygen atoms in total. The molecular weight excluding hydrogens is 464 g/mol. The zero-order valence-corrected chi connectivity index (χ0v) is 20.8. The SMILES string of the molecule is Cc1ccc2c(NC(=O)C3CC3)cccc2c1Oc1ncccc1-c1ccnc(NC2CCCNC2)n1. The molecule has 1 amide bonds. The first-order chi connectivity index (χ1) is 18.2. The molecule has 1 saturated carbocycles. The number of piperidine rings is 1. The van der Waals surface area contributed by atoms with E-state index in [4.69, 9.17) is 9.72 Å². The minimum absolute atomic E-state index is 0.0831. The third kappa shape index (κ3) is 5.11. The standard InChI is InChI=1S/C29H30N6O2/c1-18-9-12-21-22(6-2-8-24(21)34-27(36)19-10-11-19)26(18)37-28-23(7-4-15-31-28)25-13-16-32-29(35-25)33-20-5-3-14-30-17-20/h2,4,6-9,12-13,15-16,19-20,30H,3,5,10-11,14,17H2,1H3,(H,34,36)(H,32,33,35). The number of nitrogens with one attached hydrogen (secondary N) is 3. The van der Waals surface area contributed by atoms with Crippen LogP contribution in [0.5, 0.6) is 11.6 Å². The van der Waals surface area contributed by atoms with Crippen LogP contribution in [0.25, 0.3) is 22.0 Å². The Bertz CT molecular complexity index is 1450. The Morgan fingerprint density at radius 1 is 1.00 bits per heavy atom. The zero-order chi connectivity index (χ0) is 25.2. The Balaban J connectivity index is 1.32. The highest BCUT2D eigenvalue weighted by molar-refractivity contribution is 6.05. The van der Waals surface area contributed by atoms with Gasteiger partial charge in [-0.2, -0.15) is 0 Å². The van der Waals surface area contributed by atoms with Crippen LogP contribution in [0.2, 0.25) is 0 Å². The fourth-order valence-electron chi connectivity index (χ4n) is 4.76. The van der Waals surface area contributed by atoms with Crippen LogP contribution < -0.4 is 20.7 Å². The second kappa shape index (κ2) is 10.1. The number of anilines is 2. The summed E-state index contributed by atoms with van der Waals surface area (Å²) < 4.78 is 6.50. The predicted octanol–water partition coefficient (Wildman–Crippen LogP) is 5.30. The fraction of sp³-hybridized carbons (Fsp3) is 0.310. The number of rotatable bonds is 7. The summed E-state index contributed by atoms with van der Waals surface area (Å²) in [7, 11) is 0. The predicted molar refractivity (Wildman–Crippen MR) is 145 cm³/mol. The molecule has 188 valence electrons. The van der Waals surface area contributed by atoms with Gasteiger partial charge in [0.25, 0.3) is 0 Å². The molecule has 6 rings (SSSR count). The van der Waals surface area contributed by atoms with Crippen LogP contribution in [0.4, 0.5) is 11.6 Å². The molecule has 1 atom stereocenters. The van der Waals surface area contributed by atoms with E-state index in [1.165, 1.54) is 0 Å². The maximum Gasteiger partial charge on any atom is 0.228 e. The molecule has 4 aromatic rings. The molecule has 1 unspecified atom stereocenters. The average Bonchev–Trinajstić information content (AvgIpc) is 3.77. The summed E-state index contributed by atoms with van der Waals surface area (Å²) in [4.78, 5) is 26.2. The van der Waals surface area contributed by atoms with E-state index in [0.717, 1.165) is 72.1 Å². The molecule has 1 aliphatic carbocycles. The van der Waals surface area contributed by atoms with E-state index in [9.17, 15) is 4.79 Å². The molecule has 0 bridgehead atoms. The van der Waals surface area contributed by atoms with E-state index in [1.807, 2.05) is 55.5 Å². The summed E-state index contributed by atoms with van der Waals surface area (Å²) in [6.45, 7) is 3.97. The van der Waals surface area contributed by atoms with Gasteiger partial charge in [0.1, 0.15) is 5.75 Å². The van der Waals surface area contributed by atoms with Gasteiger partial charge in [0.05, 0.1) is 11.3 Å². The summed E-state index contributed by atoms with van der Waals surface area (Å²) in [5.41, 5.74) is 3.29. The lowest BCUT2D eigenvalue weighted by molar-refractivity contribution is -0.117. The smallest absolute Gasteiger partial charge is 0.228 e. The first-order valence-corrected chi connectivity index (χ1v) is 12.9. The first-order valence-electron chi connectivity index (χ1n) is 12.9. The van der Waals surface area contributed by atoms with Crippen molar-refractivity contribution in [3.63, 3.8) is 0 Å². The monoisotopic (exact) mass is 494 g/mol. The van der Waals surface area contributed by atoms with Gasteiger partial charge >= 0.3 is 0 Å². The third-order valence-electron chi connectivity index (χ3n) is 6.95. The van der Waals surface area contributed by atoms with Gasteiger partial charge in [0.2, 0.25) is 17.7 Å². The number of amides is 1. The van der Waals surface area contributed by atoms with Crippen LogP contribution in [-0.4, -0.2) is 40.0 Å². The maximum absolute atomic E-state index is 12.4. The summed E-state index contributed by atoms with van der Waals surface area (Å²) in [6.07, 6.45) is 7.62. The van der Waals surface area contributed by atoms with Gasteiger partial charge in [-0.15, -0.1) is 0 Å². The van der Waals surface area contributed by atoms with E-state index in [0.29, 0.717) is 23.6 Å². The number of pyridine rings is 1. The quantitative estimate of drug-likeness (QED) is 0.320. The zero-order valence-electron chi connectivity index (χ0n) is 20.8. The lowest BCUT2D eigenvalue weighted by atomic mass is 10.0. The Kier molecular flexibility index (Phi) is 6.40. The summed E-state index contributed by atoms with van der Waals surface area (Å²) in [6, 6.07) is 15.9. The number of aromatic nitrogens is 3. The molecule has 3 N–H and O–H groups in total. The summed E-state index contributed by atoms with van der Waals surface area (Å²) in [5, 5.41) is 11.8. The molecule has 37 heavy (non-hydrogen) atoms. The number of nitrogens with zero attached hydrogens (tertiary/aromatic N) is 3. The molecule has 0 spiro atoms. The Hall–Kier alpha value is -4.04. The number of hydrogen-bond acceptors (Lipinski definition) is 7.